The Kier molecular flexibility index (Phi) is 7.99. The van der Waals surface area contributed by atoms with Gasteiger partial charge in [-0.15, -0.1) is 0 Å². The van der Waals surface area contributed by atoms with E-state index in [1.165, 1.54) is 67.1 Å². The van der Waals surface area contributed by atoms with Gasteiger partial charge >= 0.3 is 0 Å². The van der Waals surface area contributed by atoms with Gasteiger partial charge in [-0.3, -0.25) is 0 Å². The first kappa shape index (κ1) is 28.6. The topological polar surface area (TPSA) is 6.48 Å². The molecule has 5 aromatic rings. The molecule has 0 amide bonds. The van der Waals surface area contributed by atoms with E-state index in [9.17, 15) is 0 Å². The molecule has 1 heterocycles. The minimum atomic E-state index is 0.181. The summed E-state index contributed by atoms with van der Waals surface area (Å²) in [7, 11) is 0. The van der Waals surface area contributed by atoms with Gasteiger partial charge in [0.2, 0.25) is 6.71 Å². The lowest BCUT2D eigenvalue weighted by Crippen LogP contribution is -2.51. The molecule has 3 heteroatoms. The normalized spacial score (nSPS) is 13.6. The molecular weight excluding hydrogens is 519 g/mol. The van der Waals surface area contributed by atoms with Crippen LogP contribution in [0.4, 0.5) is 22.7 Å². The molecule has 1 aliphatic heterocycles. The Morgan fingerprint density at radius 2 is 1.28 bits per heavy atom. The summed E-state index contributed by atoms with van der Waals surface area (Å²) in [6, 6.07) is 44.7. The quantitative estimate of drug-likeness (QED) is 0.183. The maximum atomic E-state index is 2.45. The van der Waals surface area contributed by atoms with E-state index >= 15 is 0 Å². The number of hydrogen-bond acceptors (Lipinski definition) is 2. The van der Waals surface area contributed by atoms with Crippen molar-refractivity contribution < 1.29 is 0 Å². The van der Waals surface area contributed by atoms with Gasteiger partial charge in [-0.25, -0.2) is 0 Å². The van der Waals surface area contributed by atoms with E-state index in [-0.39, 0.29) is 6.71 Å². The second-order valence-electron chi connectivity index (χ2n) is 11.9. The van der Waals surface area contributed by atoms with Gasteiger partial charge in [0.1, 0.15) is 0 Å². The molecule has 0 fully saturated rings. The maximum absolute atomic E-state index is 2.45. The second kappa shape index (κ2) is 12.0. The number of aryl methyl sites for hydroxylation is 1. The van der Waals surface area contributed by atoms with E-state index in [0.29, 0.717) is 6.04 Å². The number of para-hydroxylation sites is 2. The number of rotatable bonds is 7. The summed E-state index contributed by atoms with van der Waals surface area (Å²) >= 11 is 0. The third kappa shape index (κ3) is 5.18. The monoisotopic (exact) mass is 560 g/mol. The largest absolute Gasteiger partial charge is 0.339 e. The number of allylic oxidation sites excluding steroid dienone is 2. The van der Waals surface area contributed by atoms with Crippen molar-refractivity contribution >= 4 is 40.4 Å². The molecule has 0 spiro atoms. The standard InChI is InChI=1S/C40H41BN2/c1-7-29(3)42(34-18-12-9-13-19-34)35-23-25-36(26-24-35)43-32(6)31(5)41(38-20-14-15-21-39(38)43)40-30(4)28(2)22-27-37(40)33-16-10-8-11-17-33/h8-27,29H,7H2,1-6H3. The number of hydrogen-bond donors (Lipinski definition) is 0. The van der Waals surface area contributed by atoms with Gasteiger partial charge < -0.3 is 9.80 Å². The number of fused-ring (bicyclic) bond motifs is 1. The Balaban J connectivity index is 1.46. The summed E-state index contributed by atoms with van der Waals surface area (Å²) in [5, 5.41) is 0. The molecule has 214 valence electrons. The summed E-state index contributed by atoms with van der Waals surface area (Å²) in [6.45, 7) is 13.9. The molecule has 5 aromatic carbocycles. The molecule has 43 heavy (non-hydrogen) atoms. The fourth-order valence-electron chi connectivity index (χ4n) is 6.71. The average molecular weight is 561 g/mol. The highest BCUT2D eigenvalue weighted by Crippen LogP contribution is 2.38. The van der Waals surface area contributed by atoms with Crippen LogP contribution in [-0.2, 0) is 0 Å². The summed E-state index contributed by atoms with van der Waals surface area (Å²) in [4.78, 5) is 4.90. The first-order valence-electron chi connectivity index (χ1n) is 15.6. The van der Waals surface area contributed by atoms with Crippen molar-refractivity contribution in [1.82, 2.24) is 0 Å². The van der Waals surface area contributed by atoms with Gasteiger partial charge in [-0.1, -0.05) is 102 Å². The van der Waals surface area contributed by atoms with E-state index in [1.807, 2.05) is 0 Å². The Labute approximate surface area is 258 Å². The highest BCUT2D eigenvalue weighted by molar-refractivity contribution is 6.93. The first-order valence-corrected chi connectivity index (χ1v) is 15.6. The van der Waals surface area contributed by atoms with Gasteiger partial charge in [0.15, 0.2) is 0 Å². The molecule has 0 N–H and O–H groups in total. The number of anilines is 4. The van der Waals surface area contributed by atoms with Crippen LogP contribution in [0, 0.1) is 13.8 Å². The van der Waals surface area contributed by atoms with Crippen LogP contribution in [0.2, 0.25) is 0 Å². The molecule has 6 rings (SSSR count). The molecule has 1 atom stereocenters. The van der Waals surface area contributed by atoms with E-state index < -0.39 is 0 Å². The van der Waals surface area contributed by atoms with Crippen molar-refractivity contribution in [2.45, 2.75) is 54.0 Å². The zero-order chi connectivity index (χ0) is 30.1. The van der Waals surface area contributed by atoms with Gasteiger partial charge in [0.05, 0.1) is 0 Å². The van der Waals surface area contributed by atoms with E-state index in [0.717, 1.165) is 6.42 Å². The molecule has 0 aliphatic carbocycles. The highest BCUT2D eigenvalue weighted by atomic mass is 15.2. The average Bonchev–Trinajstić information content (AvgIpc) is 3.05. The summed E-state index contributed by atoms with van der Waals surface area (Å²) in [5.74, 6) is 0. The SMILES string of the molecule is CCC(C)N(c1ccccc1)c1ccc(N2C(C)=C(C)B(c3c(-c4ccccc4)ccc(C)c3C)c3ccccc32)cc1. The highest BCUT2D eigenvalue weighted by Gasteiger charge is 2.36. The lowest BCUT2D eigenvalue weighted by Gasteiger charge is -2.38. The van der Waals surface area contributed by atoms with Crippen LogP contribution in [0.1, 0.15) is 45.2 Å². The molecule has 0 aromatic heterocycles. The Hall–Kier alpha value is -4.50. The van der Waals surface area contributed by atoms with Crippen LogP contribution >= 0.6 is 0 Å². The third-order valence-corrected chi connectivity index (χ3v) is 9.44. The van der Waals surface area contributed by atoms with Crippen LogP contribution in [0.15, 0.2) is 132 Å². The molecule has 0 radical (unpaired) electrons. The Morgan fingerprint density at radius 3 is 1.95 bits per heavy atom. The molecule has 0 saturated carbocycles. The Morgan fingerprint density at radius 1 is 0.674 bits per heavy atom. The van der Waals surface area contributed by atoms with Gasteiger partial charge in [-0.2, -0.15) is 0 Å². The second-order valence-corrected chi connectivity index (χ2v) is 11.9. The smallest absolute Gasteiger partial charge is 0.242 e. The fourth-order valence-corrected chi connectivity index (χ4v) is 6.71. The zero-order valence-corrected chi connectivity index (χ0v) is 26.3. The third-order valence-electron chi connectivity index (χ3n) is 9.44. The molecule has 1 aliphatic rings. The lowest BCUT2D eigenvalue weighted by molar-refractivity contribution is 0.688. The summed E-state index contributed by atoms with van der Waals surface area (Å²) < 4.78 is 0. The van der Waals surface area contributed by atoms with Crippen molar-refractivity contribution in [1.29, 1.82) is 0 Å². The molecule has 0 saturated heterocycles. The lowest BCUT2D eigenvalue weighted by atomic mass is 9.33. The predicted molar refractivity (Wildman–Crippen MR) is 188 cm³/mol. The zero-order valence-electron chi connectivity index (χ0n) is 26.3. The number of benzene rings is 5. The minimum Gasteiger partial charge on any atom is -0.339 e. The molecule has 1 unspecified atom stereocenters. The maximum Gasteiger partial charge on any atom is 0.242 e. The van der Waals surface area contributed by atoms with Crippen molar-refractivity contribution in [2.24, 2.45) is 0 Å². The number of nitrogens with zero attached hydrogens (tertiary/aromatic N) is 2. The summed E-state index contributed by atoms with van der Waals surface area (Å²) in [5.41, 5.74) is 15.6. The first-order chi connectivity index (χ1) is 20.9. The van der Waals surface area contributed by atoms with Crippen LogP contribution < -0.4 is 20.7 Å². The van der Waals surface area contributed by atoms with Crippen molar-refractivity contribution in [3.63, 3.8) is 0 Å². The van der Waals surface area contributed by atoms with Gasteiger partial charge in [0, 0.05) is 34.5 Å². The predicted octanol–water partition coefficient (Wildman–Crippen LogP) is 9.50. The van der Waals surface area contributed by atoms with Crippen LogP contribution in [0.3, 0.4) is 0 Å². The van der Waals surface area contributed by atoms with Gasteiger partial charge in [0.25, 0.3) is 0 Å². The van der Waals surface area contributed by atoms with E-state index in [4.69, 9.17) is 0 Å². The minimum absolute atomic E-state index is 0.181. The Bertz CT molecular complexity index is 1760. The van der Waals surface area contributed by atoms with Gasteiger partial charge in [-0.05, 0) is 106 Å². The van der Waals surface area contributed by atoms with Crippen molar-refractivity contribution in [3.05, 3.63) is 144 Å². The molecule has 2 nitrogen and oxygen atoms in total. The van der Waals surface area contributed by atoms with Crippen molar-refractivity contribution in [2.75, 3.05) is 9.80 Å². The van der Waals surface area contributed by atoms with Crippen LogP contribution in [0.5, 0.6) is 0 Å². The molecule has 0 bridgehead atoms. The van der Waals surface area contributed by atoms with Crippen molar-refractivity contribution in [3.8, 4) is 11.1 Å². The van der Waals surface area contributed by atoms with Crippen LogP contribution in [0.25, 0.3) is 11.1 Å². The van der Waals surface area contributed by atoms with Crippen LogP contribution in [-0.4, -0.2) is 12.8 Å². The van der Waals surface area contributed by atoms with E-state index in [1.54, 1.807) is 0 Å². The fraction of sp³-hybridized carbons (Fsp3) is 0.200. The van der Waals surface area contributed by atoms with E-state index in [2.05, 4.69) is 173 Å². The summed E-state index contributed by atoms with van der Waals surface area (Å²) in [6.07, 6.45) is 1.07. The molecular formula is C40H41BN2.